The molecule has 1 aromatic carbocycles. The Labute approximate surface area is 130 Å². The SMILES string of the molecule is C=C(Br)CN(C1CCC(=O)CC1)C(C)c1ccccc1. The average molecular weight is 336 g/mol. The van der Waals surface area contributed by atoms with Crippen molar-refractivity contribution in [1.29, 1.82) is 0 Å². The minimum Gasteiger partial charge on any atom is -0.300 e. The number of nitrogens with zero attached hydrogens (tertiary/aromatic N) is 1. The fraction of sp³-hybridized carbons (Fsp3) is 0.471. The lowest BCUT2D eigenvalue weighted by Gasteiger charge is -2.38. The van der Waals surface area contributed by atoms with Crippen LogP contribution in [0.2, 0.25) is 0 Å². The highest BCUT2D eigenvalue weighted by atomic mass is 79.9. The zero-order chi connectivity index (χ0) is 14.5. The number of rotatable bonds is 5. The lowest BCUT2D eigenvalue weighted by Crippen LogP contribution is -2.40. The smallest absolute Gasteiger partial charge is 0.133 e. The highest BCUT2D eigenvalue weighted by molar-refractivity contribution is 9.11. The van der Waals surface area contributed by atoms with E-state index in [0.717, 1.165) is 36.7 Å². The largest absolute Gasteiger partial charge is 0.300 e. The quantitative estimate of drug-likeness (QED) is 0.791. The molecule has 0 amide bonds. The molecule has 2 rings (SSSR count). The number of carbonyl (C=O) groups is 1. The van der Waals surface area contributed by atoms with Crippen LogP contribution in [-0.2, 0) is 4.79 Å². The number of Topliss-reactive ketones (excluding diaryl/α,β-unsaturated/α-hetero) is 1. The molecule has 1 saturated carbocycles. The van der Waals surface area contributed by atoms with Crippen LogP contribution in [-0.4, -0.2) is 23.3 Å². The van der Waals surface area contributed by atoms with E-state index >= 15 is 0 Å². The van der Waals surface area contributed by atoms with Crippen molar-refractivity contribution >= 4 is 21.7 Å². The third-order valence-corrected chi connectivity index (χ3v) is 4.37. The molecular weight excluding hydrogens is 314 g/mol. The standard InChI is InChI=1S/C17H22BrNO/c1-13(18)12-19(16-8-10-17(20)11-9-16)14(2)15-6-4-3-5-7-15/h3-7,14,16H,1,8-12H2,2H3. The number of hydrogen-bond acceptors (Lipinski definition) is 2. The summed E-state index contributed by atoms with van der Waals surface area (Å²) in [6.07, 6.45) is 3.38. The van der Waals surface area contributed by atoms with E-state index in [1.54, 1.807) is 0 Å². The monoisotopic (exact) mass is 335 g/mol. The molecule has 0 saturated heterocycles. The number of hydrogen-bond donors (Lipinski definition) is 0. The summed E-state index contributed by atoms with van der Waals surface area (Å²) in [5.41, 5.74) is 1.32. The van der Waals surface area contributed by atoms with Gasteiger partial charge in [0.2, 0.25) is 0 Å². The van der Waals surface area contributed by atoms with Gasteiger partial charge in [0.05, 0.1) is 0 Å². The normalized spacial score (nSPS) is 18.2. The molecule has 0 bridgehead atoms. The van der Waals surface area contributed by atoms with E-state index in [4.69, 9.17) is 0 Å². The highest BCUT2D eigenvalue weighted by Crippen LogP contribution is 2.30. The van der Waals surface area contributed by atoms with Gasteiger partial charge in [0.25, 0.3) is 0 Å². The lowest BCUT2D eigenvalue weighted by molar-refractivity contribution is -0.121. The first-order valence-electron chi connectivity index (χ1n) is 7.23. The molecule has 108 valence electrons. The molecule has 20 heavy (non-hydrogen) atoms. The van der Waals surface area contributed by atoms with Gasteiger partial charge in [-0.05, 0) is 25.3 Å². The molecule has 0 aliphatic heterocycles. The average Bonchev–Trinajstić information content (AvgIpc) is 2.46. The first-order valence-corrected chi connectivity index (χ1v) is 8.03. The summed E-state index contributed by atoms with van der Waals surface area (Å²) in [6, 6.07) is 11.4. The Balaban J connectivity index is 2.14. The Morgan fingerprint density at radius 1 is 1.35 bits per heavy atom. The molecule has 3 heteroatoms. The molecule has 2 nitrogen and oxygen atoms in total. The summed E-state index contributed by atoms with van der Waals surface area (Å²) in [4.78, 5) is 13.9. The van der Waals surface area contributed by atoms with Crippen LogP contribution in [0.25, 0.3) is 0 Å². The zero-order valence-corrected chi connectivity index (χ0v) is 13.6. The van der Waals surface area contributed by atoms with Crippen molar-refractivity contribution in [1.82, 2.24) is 4.90 Å². The van der Waals surface area contributed by atoms with Crippen molar-refractivity contribution < 1.29 is 4.79 Å². The fourth-order valence-electron chi connectivity index (χ4n) is 2.96. The van der Waals surface area contributed by atoms with E-state index in [1.807, 2.05) is 6.07 Å². The van der Waals surface area contributed by atoms with E-state index in [-0.39, 0.29) is 0 Å². The van der Waals surface area contributed by atoms with Crippen LogP contribution in [0, 0.1) is 0 Å². The maximum Gasteiger partial charge on any atom is 0.133 e. The summed E-state index contributed by atoms with van der Waals surface area (Å²) in [5, 5.41) is 0. The minimum atomic E-state index is 0.337. The van der Waals surface area contributed by atoms with E-state index in [1.165, 1.54) is 5.56 Å². The second-order valence-electron chi connectivity index (χ2n) is 5.55. The molecule has 1 fully saturated rings. The third kappa shape index (κ3) is 4.03. The Morgan fingerprint density at radius 3 is 2.50 bits per heavy atom. The lowest BCUT2D eigenvalue weighted by atomic mass is 9.91. The Bertz CT molecular complexity index is 461. The van der Waals surface area contributed by atoms with Crippen LogP contribution in [0.1, 0.15) is 44.2 Å². The van der Waals surface area contributed by atoms with Gasteiger partial charge in [0.15, 0.2) is 0 Å². The summed E-state index contributed by atoms with van der Waals surface area (Å²) < 4.78 is 0.997. The Morgan fingerprint density at radius 2 is 1.95 bits per heavy atom. The molecule has 0 heterocycles. The number of ketones is 1. The van der Waals surface area contributed by atoms with E-state index in [2.05, 4.69) is 58.6 Å². The molecule has 1 unspecified atom stereocenters. The van der Waals surface area contributed by atoms with Gasteiger partial charge in [-0.1, -0.05) is 52.8 Å². The molecule has 1 aliphatic carbocycles. The van der Waals surface area contributed by atoms with Crippen LogP contribution in [0.5, 0.6) is 0 Å². The molecular formula is C17H22BrNO. The van der Waals surface area contributed by atoms with Crippen molar-refractivity contribution in [2.24, 2.45) is 0 Å². The van der Waals surface area contributed by atoms with Gasteiger partial charge in [0.1, 0.15) is 5.78 Å². The second kappa shape index (κ2) is 7.19. The molecule has 0 spiro atoms. The molecule has 0 radical (unpaired) electrons. The van der Waals surface area contributed by atoms with E-state index in [0.29, 0.717) is 17.9 Å². The maximum absolute atomic E-state index is 11.4. The van der Waals surface area contributed by atoms with Crippen molar-refractivity contribution in [3.05, 3.63) is 47.0 Å². The second-order valence-corrected chi connectivity index (χ2v) is 6.67. The van der Waals surface area contributed by atoms with E-state index in [9.17, 15) is 4.79 Å². The van der Waals surface area contributed by atoms with Gasteiger partial charge in [-0.15, -0.1) is 0 Å². The molecule has 0 N–H and O–H groups in total. The maximum atomic E-state index is 11.4. The van der Waals surface area contributed by atoms with Crippen LogP contribution >= 0.6 is 15.9 Å². The molecule has 1 aromatic rings. The number of carbonyl (C=O) groups excluding carboxylic acids is 1. The number of halogens is 1. The molecule has 1 atom stereocenters. The van der Waals surface area contributed by atoms with Crippen LogP contribution in [0.3, 0.4) is 0 Å². The first-order chi connectivity index (χ1) is 9.58. The predicted molar refractivity (Wildman–Crippen MR) is 86.9 cm³/mol. The minimum absolute atomic E-state index is 0.337. The number of benzene rings is 1. The van der Waals surface area contributed by atoms with Gasteiger partial charge in [-0.3, -0.25) is 9.69 Å². The van der Waals surface area contributed by atoms with Gasteiger partial charge in [0, 0.05) is 36.0 Å². The summed E-state index contributed by atoms with van der Waals surface area (Å²) in [7, 11) is 0. The van der Waals surface area contributed by atoms with Gasteiger partial charge in [-0.25, -0.2) is 0 Å². The zero-order valence-electron chi connectivity index (χ0n) is 12.0. The van der Waals surface area contributed by atoms with Crippen molar-refractivity contribution in [2.75, 3.05) is 6.54 Å². The van der Waals surface area contributed by atoms with Gasteiger partial charge < -0.3 is 0 Å². The summed E-state index contributed by atoms with van der Waals surface area (Å²) >= 11 is 3.49. The van der Waals surface area contributed by atoms with E-state index < -0.39 is 0 Å². The topological polar surface area (TPSA) is 20.3 Å². The van der Waals surface area contributed by atoms with Crippen LogP contribution in [0.4, 0.5) is 0 Å². The summed E-state index contributed by atoms with van der Waals surface area (Å²) in [6.45, 7) is 7.05. The highest BCUT2D eigenvalue weighted by Gasteiger charge is 2.28. The molecule has 0 aromatic heterocycles. The Kier molecular flexibility index (Phi) is 5.55. The van der Waals surface area contributed by atoms with Gasteiger partial charge >= 0.3 is 0 Å². The van der Waals surface area contributed by atoms with Gasteiger partial charge in [-0.2, -0.15) is 0 Å². The fourth-order valence-corrected chi connectivity index (χ4v) is 3.25. The van der Waals surface area contributed by atoms with Crippen molar-refractivity contribution in [3.63, 3.8) is 0 Å². The first kappa shape index (κ1) is 15.5. The summed E-state index contributed by atoms with van der Waals surface area (Å²) in [5.74, 6) is 0.409. The van der Waals surface area contributed by atoms with Crippen LogP contribution in [0.15, 0.2) is 41.4 Å². The molecule has 1 aliphatic rings. The van der Waals surface area contributed by atoms with Crippen LogP contribution < -0.4 is 0 Å². The van der Waals surface area contributed by atoms with Crippen molar-refractivity contribution in [3.8, 4) is 0 Å². The van der Waals surface area contributed by atoms with Crippen molar-refractivity contribution in [2.45, 2.75) is 44.7 Å². The Hall–Kier alpha value is -0.930. The third-order valence-electron chi connectivity index (χ3n) is 4.12. The predicted octanol–water partition coefficient (Wildman–Crippen LogP) is 4.47.